The molecule has 0 radical (unpaired) electrons. The van der Waals surface area contributed by atoms with Crippen molar-refractivity contribution in [2.45, 2.75) is 6.18 Å². The zero-order chi connectivity index (χ0) is 16.2. The number of hydrogen-bond donors (Lipinski definition) is 1. The van der Waals surface area contributed by atoms with Crippen molar-refractivity contribution in [1.29, 1.82) is 0 Å². The van der Waals surface area contributed by atoms with E-state index in [0.29, 0.717) is 0 Å². The summed E-state index contributed by atoms with van der Waals surface area (Å²) in [5, 5.41) is 2.30. The van der Waals surface area contributed by atoms with Gasteiger partial charge >= 0.3 is 6.18 Å². The summed E-state index contributed by atoms with van der Waals surface area (Å²) in [7, 11) is 0. The normalized spacial score (nSPS) is 11.1. The maximum absolute atomic E-state index is 12.7. The number of hydrogen-bond acceptors (Lipinski definition) is 2. The second kappa shape index (κ2) is 6.46. The molecule has 0 aliphatic rings. The van der Waals surface area contributed by atoms with Crippen LogP contribution in [0.25, 0.3) is 0 Å². The molecule has 22 heavy (non-hydrogen) atoms. The number of benzene rings is 2. The number of carbonyl (C=O) groups is 1. The lowest BCUT2D eigenvalue weighted by molar-refractivity contribution is -0.137. The van der Waals surface area contributed by atoms with Crippen LogP contribution < -0.4 is 10.1 Å². The van der Waals surface area contributed by atoms with Gasteiger partial charge in [0.25, 0.3) is 5.91 Å². The number of ether oxygens (including phenoxy) is 1. The maximum atomic E-state index is 12.7. The molecule has 0 atom stereocenters. The van der Waals surface area contributed by atoms with Gasteiger partial charge in [-0.15, -0.1) is 0 Å². The zero-order valence-electron chi connectivity index (χ0n) is 11.2. The van der Waals surface area contributed by atoms with Crippen molar-refractivity contribution in [1.82, 2.24) is 0 Å². The van der Waals surface area contributed by atoms with Gasteiger partial charge in [-0.2, -0.15) is 13.2 Å². The van der Waals surface area contributed by atoms with E-state index in [2.05, 4.69) is 5.32 Å². The van der Waals surface area contributed by atoms with Gasteiger partial charge in [-0.25, -0.2) is 4.39 Å². The monoisotopic (exact) mass is 313 g/mol. The van der Waals surface area contributed by atoms with Crippen LogP contribution in [-0.2, 0) is 11.0 Å². The Morgan fingerprint density at radius 2 is 1.77 bits per heavy atom. The molecule has 0 aliphatic carbocycles. The molecule has 0 aromatic heterocycles. The van der Waals surface area contributed by atoms with Crippen LogP contribution in [0.3, 0.4) is 0 Å². The minimum Gasteiger partial charge on any atom is -0.484 e. The quantitative estimate of drug-likeness (QED) is 0.870. The van der Waals surface area contributed by atoms with Gasteiger partial charge in [0.1, 0.15) is 11.6 Å². The van der Waals surface area contributed by atoms with Crippen LogP contribution in [0.4, 0.5) is 23.2 Å². The average Bonchev–Trinajstić information content (AvgIpc) is 2.46. The third kappa shape index (κ3) is 4.47. The fourth-order valence-electron chi connectivity index (χ4n) is 1.65. The number of halogens is 4. The van der Waals surface area contributed by atoms with Crippen LogP contribution in [0.15, 0.2) is 48.5 Å². The number of carbonyl (C=O) groups excluding carboxylic acids is 1. The Labute approximate surface area is 123 Å². The Hall–Kier alpha value is -2.57. The molecule has 2 rings (SSSR count). The van der Waals surface area contributed by atoms with E-state index in [1.165, 1.54) is 36.4 Å². The van der Waals surface area contributed by atoms with Crippen molar-refractivity contribution in [2.75, 3.05) is 11.9 Å². The molecule has 0 spiro atoms. The number of alkyl halides is 3. The highest BCUT2D eigenvalue weighted by molar-refractivity contribution is 5.91. The van der Waals surface area contributed by atoms with Crippen molar-refractivity contribution >= 4 is 11.6 Å². The summed E-state index contributed by atoms with van der Waals surface area (Å²) in [6.45, 7) is -0.401. The van der Waals surface area contributed by atoms with Crippen LogP contribution in [0.2, 0.25) is 0 Å². The summed E-state index contributed by atoms with van der Waals surface area (Å²) in [6, 6.07) is 9.28. The minimum absolute atomic E-state index is 0.0162. The Balaban J connectivity index is 1.93. The van der Waals surface area contributed by atoms with Gasteiger partial charge in [-0.3, -0.25) is 4.79 Å². The molecule has 1 N–H and O–H groups in total. The van der Waals surface area contributed by atoms with E-state index in [1.54, 1.807) is 0 Å². The van der Waals surface area contributed by atoms with Crippen molar-refractivity contribution < 1.29 is 27.1 Å². The molecule has 2 aromatic rings. The molecule has 0 saturated heterocycles. The Kier molecular flexibility index (Phi) is 4.65. The van der Waals surface area contributed by atoms with Crippen molar-refractivity contribution in [2.24, 2.45) is 0 Å². The number of rotatable bonds is 4. The fourth-order valence-corrected chi connectivity index (χ4v) is 1.65. The molecule has 0 bridgehead atoms. The highest BCUT2D eigenvalue weighted by Gasteiger charge is 2.30. The van der Waals surface area contributed by atoms with Gasteiger partial charge in [0.05, 0.1) is 5.56 Å². The van der Waals surface area contributed by atoms with E-state index in [9.17, 15) is 22.4 Å². The predicted molar refractivity (Wildman–Crippen MR) is 72.0 cm³/mol. The largest absolute Gasteiger partial charge is 0.484 e. The van der Waals surface area contributed by atoms with Crippen LogP contribution in [0.5, 0.6) is 5.75 Å². The molecule has 7 heteroatoms. The number of anilines is 1. The number of amides is 1. The van der Waals surface area contributed by atoms with Crippen molar-refractivity contribution in [3.05, 3.63) is 59.9 Å². The molecule has 0 fully saturated rings. The van der Waals surface area contributed by atoms with Gasteiger partial charge < -0.3 is 10.1 Å². The lowest BCUT2D eigenvalue weighted by Gasteiger charge is -2.10. The minimum atomic E-state index is -4.48. The lowest BCUT2D eigenvalue weighted by Crippen LogP contribution is -2.20. The van der Waals surface area contributed by atoms with Gasteiger partial charge in [-0.05, 0) is 42.5 Å². The van der Waals surface area contributed by atoms with Crippen LogP contribution in [0, 0.1) is 5.82 Å². The molecule has 2 aromatic carbocycles. The molecular weight excluding hydrogens is 302 g/mol. The molecule has 1 amide bonds. The van der Waals surface area contributed by atoms with E-state index in [1.807, 2.05) is 0 Å². The Bertz CT molecular complexity index is 653. The van der Waals surface area contributed by atoms with Crippen molar-refractivity contribution in [3.63, 3.8) is 0 Å². The summed E-state index contributed by atoms with van der Waals surface area (Å²) >= 11 is 0. The van der Waals surface area contributed by atoms with E-state index in [0.717, 1.165) is 12.1 Å². The molecule has 116 valence electrons. The summed E-state index contributed by atoms with van der Waals surface area (Å²) in [5.74, 6) is -0.787. The molecular formula is C15H11F4NO2. The standard InChI is InChI=1S/C15H11F4NO2/c16-11-4-6-13(7-5-11)22-9-14(21)20-12-3-1-2-10(8-12)15(17,18)19/h1-8H,9H2,(H,20,21). The second-order valence-corrected chi connectivity index (χ2v) is 4.37. The SMILES string of the molecule is O=C(COc1ccc(F)cc1)Nc1cccc(C(F)(F)F)c1. The van der Waals surface area contributed by atoms with Crippen LogP contribution in [-0.4, -0.2) is 12.5 Å². The summed E-state index contributed by atoms with van der Waals surface area (Å²) < 4.78 is 55.4. The highest BCUT2D eigenvalue weighted by atomic mass is 19.4. The van der Waals surface area contributed by atoms with Crippen molar-refractivity contribution in [3.8, 4) is 5.75 Å². The van der Waals surface area contributed by atoms with Gasteiger partial charge in [0.15, 0.2) is 6.61 Å². The Morgan fingerprint density at radius 3 is 2.41 bits per heavy atom. The summed E-state index contributed by atoms with van der Waals surface area (Å²) in [6.07, 6.45) is -4.48. The molecule has 0 aliphatic heterocycles. The van der Waals surface area contributed by atoms with Crippen LogP contribution >= 0.6 is 0 Å². The topological polar surface area (TPSA) is 38.3 Å². The van der Waals surface area contributed by atoms with E-state index in [-0.39, 0.29) is 11.4 Å². The third-order valence-corrected chi connectivity index (χ3v) is 2.66. The highest BCUT2D eigenvalue weighted by Crippen LogP contribution is 2.30. The molecule has 0 unspecified atom stereocenters. The smallest absolute Gasteiger partial charge is 0.416 e. The maximum Gasteiger partial charge on any atom is 0.416 e. The summed E-state index contributed by atoms with van der Waals surface area (Å²) in [4.78, 5) is 11.6. The number of nitrogens with one attached hydrogen (secondary N) is 1. The first kappa shape index (κ1) is 15.8. The first-order valence-electron chi connectivity index (χ1n) is 6.20. The first-order chi connectivity index (χ1) is 10.3. The molecule has 3 nitrogen and oxygen atoms in total. The Morgan fingerprint density at radius 1 is 1.09 bits per heavy atom. The molecule has 0 saturated carbocycles. The van der Waals surface area contributed by atoms with E-state index in [4.69, 9.17) is 4.74 Å². The predicted octanol–water partition coefficient (Wildman–Crippen LogP) is 3.86. The zero-order valence-corrected chi connectivity index (χ0v) is 11.2. The molecule has 0 heterocycles. The summed E-state index contributed by atoms with van der Waals surface area (Å²) in [5.41, 5.74) is -0.840. The van der Waals surface area contributed by atoms with E-state index >= 15 is 0 Å². The fraction of sp³-hybridized carbons (Fsp3) is 0.133. The average molecular weight is 313 g/mol. The second-order valence-electron chi connectivity index (χ2n) is 4.37. The first-order valence-corrected chi connectivity index (χ1v) is 6.20. The van der Waals surface area contributed by atoms with E-state index < -0.39 is 30.1 Å². The lowest BCUT2D eigenvalue weighted by atomic mass is 10.2. The van der Waals surface area contributed by atoms with Crippen LogP contribution in [0.1, 0.15) is 5.56 Å². The third-order valence-electron chi connectivity index (χ3n) is 2.66. The van der Waals surface area contributed by atoms with Gasteiger partial charge in [0, 0.05) is 5.69 Å². The van der Waals surface area contributed by atoms with Gasteiger partial charge in [0.2, 0.25) is 0 Å². The van der Waals surface area contributed by atoms with Gasteiger partial charge in [-0.1, -0.05) is 6.07 Å².